The van der Waals surface area contributed by atoms with Crippen LogP contribution in [0.3, 0.4) is 0 Å². The lowest BCUT2D eigenvalue weighted by Gasteiger charge is -2.18. The first-order chi connectivity index (χ1) is 17.0. The summed E-state index contributed by atoms with van der Waals surface area (Å²) in [7, 11) is 1.23. The van der Waals surface area contributed by atoms with Gasteiger partial charge in [-0.2, -0.15) is 0 Å². The molecule has 0 bridgehead atoms. The molecule has 0 aromatic heterocycles. The molecule has 35 heavy (non-hydrogen) atoms. The van der Waals surface area contributed by atoms with E-state index >= 15 is 0 Å². The summed E-state index contributed by atoms with van der Waals surface area (Å²) in [4.78, 5) is 52.0. The Kier molecular flexibility index (Phi) is 7.16. The van der Waals surface area contributed by atoms with Crippen LogP contribution in [0.2, 0.25) is 0 Å². The summed E-state index contributed by atoms with van der Waals surface area (Å²) >= 11 is 0. The molecule has 1 aliphatic heterocycles. The zero-order chi connectivity index (χ0) is 24.8. The van der Waals surface area contributed by atoms with Crippen molar-refractivity contribution in [3.63, 3.8) is 0 Å². The molecule has 2 atom stereocenters. The summed E-state index contributed by atoms with van der Waals surface area (Å²) in [6.45, 7) is 0. The van der Waals surface area contributed by atoms with Gasteiger partial charge in [0.05, 0.1) is 12.7 Å². The van der Waals surface area contributed by atoms with Gasteiger partial charge in [-0.1, -0.05) is 91.0 Å². The number of allylic oxidation sites excluding steroid dienone is 1. The fourth-order valence-corrected chi connectivity index (χ4v) is 3.94. The predicted molar refractivity (Wildman–Crippen MR) is 128 cm³/mol. The number of ketones is 1. The number of methoxy groups -OCH3 is 1. The summed E-state index contributed by atoms with van der Waals surface area (Å²) in [5, 5.41) is 2.67. The van der Waals surface area contributed by atoms with Crippen molar-refractivity contribution in [3.05, 3.63) is 113 Å². The van der Waals surface area contributed by atoms with Crippen molar-refractivity contribution in [2.24, 2.45) is 0 Å². The Hall–Kier alpha value is -4.52. The minimum absolute atomic E-state index is 0.121. The molecule has 3 aromatic rings. The molecule has 0 spiro atoms. The fourth-order valence-electron chi connectivity index (χ4n) is 3.94. The van der Waals surface area contributed by atoms with E-state index in [2.05, 4.69) is 5.32 Å². The lowest BCUT2D eigenvalue weighted by atomic mass is 9.93. The highest BCUT2D eigenvalue weighted by molar-refractivity contribution is 6.30. The van der Waals surface area contributed by atoms with Crippen LogP contribution in [0.15, 0.2) is 96.8 Å². The highest BCUT2D eigenvalue weighted by atomic mass is 16.6. The van der Waals surface area contributed by atoms with Crippen LogP contribution < -0.4 is 5.32 Å². The largest absolute Gasteiger partial charge is 0.467 e. The summed E-state index contributed by atoms with van der Waals surface area (Å²) in [5.41, 5.74) is 1.54. The molecule has 4 rings (SSSR count). The SMILES string of the molecule is COC(=O)[C@H](Cc1ccccc1)NC(=O)C(=C1OC(=O)C(c2ccccc2)C1=O)c1ccccc1. The third-order valence-electron chi connectivity index (χ3n) is 5.65. The van der Waals surface area contributed by atoms with E-state index in [9.17, 15) is 19.2 Å². The maximum Gasteiger partial charge on any atom is 0.328 e. The Balaban J connectivity index is 1.72. The Bertz CT molecular complexity index is 1270. The minimum Gasteiger partial charge on any atom is -0.467 e. The van der Waals surface area contributed by atoms with Gasteiger partial charge < -0.3 is 14.8 Å². The van der Waals surface area contributed by atoms with Crippen LogP contribution in [0.1, 0.15) is 22.6 Å². The van der Waals surface area contributed by atoms with Crippen molar-refractivity contribution in [3.8, 4) is 0 Å². The number of rotatable bonds is 7. The van der Waals surface area contributed by atoms with E-state index in [4.69, 9.17) is 9.47 Å². The molecule has 1 unspecified atom stereocenters. The molecule has 0 aliphatic carbocycles. The van der Waals surface area contributed by atoms with E-state index < -0.39 is 35.6 Å². The van der Waals surface area contributed by atoms with Crippen molar-refractivity contribution in [1.82, 2.24) is 5.32 Å². The third-order valence-corrected chi connectivity index (χ3v) is 5.65. The molecule has 1 saturated heterocycles. The molecule has 1 amide bonds. The maximum atomic E-state index is 13.5. The Labute approximate surface area is 202 Å². The first-order valence-corrected chi connectivity index (χ1v) is 11.0. The number of benzene rings is 3. The highest BCUT2D eigenvalue weighted by Gasteiger charge is 2.44. The van der Waals surface area contributed by atoms with Gasteiger partial charge in [0.25, 0.3) is 5.91 Å². The molecule has 1 heterocycles. The molecule has 1 N–H and O–H groups in total. The summed E-state index contributed by atoms with van der Waals surface area (Å²) in [5.74, 6) is -4.27. The first-order valence-electron chi connectivity index (χ1n) is 11.0. The van der Waals surface area contributed by atoms with E-state index in [0.717, 1.165) is 5.56 Å². The van der Waals surface area contributed by atoms with E-state index in [1.807, 2.05) is 30.3 Å². The van der Waals surface area contributed by atoms with E-state index in [-0.39, 0.29) is 17.8 Å². The quantitative estimate of drug-likeness (QED) is 0.324. The number of esters is 2. The molecule has 176 valence electrons. The van der Waals surface area contributed by atoms with Crippen molar-refractivity contribution < 1.29 is 28.7 Å². The lowest BCUT2D eigenvalue weighted by molar-refractivity contribution is -0.144. The Morgan fingerprint density at radius 3 is 2.06 bits per heavy atom. The van der Waals surface area contributed by atoms with Crippen molar-refractivity contribution in [1.29, 1.82) is 0 Å². The Morgan fingerprint density at radius 1 is 0.886 bits per heavy atom. The van der Waals surface area contributed by atoms with Crippen LogP contribution in [0.5, 0.6) is 0 Å². The van der Waals surface area contributed by atoms with Gasteiger partial charge in [-0.3, -0.25) is 14.4 Å². The number of cyclic esters (lactones) is 1. The molecule has 7 nitrogen and oxygen atoms in total. The van der Waals surface area contributed by atoms with Crippen LogP contribution in [0, 0.1) is 0 Å². The number of ether oxygens (including phenoxy) is 2. The zero-order valence-corrected chi connectivity index (χ0v) is 19.0. The number of amides is 1. The molecular formula is C28H23NO6. The molecule has 7 heteroatoms. The van der Waals surface area contributed by atoms with Crippen molar-refractivity contribution >= 4 is 29.2 Å². The number of carbonyl (C=O) groups is 4. The number of nitrogens with one attached hydrogen (secondary N) is 1. The summed E-state index contributed by atoms with van der Waals surface area (Å²) in [6.07, 6.45) is 0.178. The van der Waals surface area contributed by atoms with Crippen LogP contribution in [0.4, 0.5) is 0 Å². The van der Waals surface area contributed by atoms with E-state index in [0.29, 0.717) is 11.1 Å². The van der Waals surface area contributed by atoms with Gasteiger partial charge in [0.2, 0.25) is 5.78 Å². The third kappa shape index (κ3) is 5.19. The average Bonchev–Trinajstić information content (AvgIpc) is 3.18. The second-order valence-electron chi connectivity index (χ2n) is 7.94. The fraction of sp³-hybridized carbons (Fsp3) is 0.143. The van der Waals surface area contributed by atoms with E-state index in [1.165, 1.54) is 7.11 Å². The second kappa shape index (κ2) is 10.6. The molecule has 1 aliphatic rings. The van der Waals surface area contributed by atoms with Crippen LogP contribution >= 0.6 is 0 Å². The van der Waals surface area contributed by atoms with Gasteiger partial charge in [-0.25, -0.2) is 4.79 Å². The highest BCUT2D eigenvalue weighted by Crippen LogP contribution is 2.34. The molecular weight excluding hydrogens is 446 g/mol. The van der Waals surface area contributed by atoms with Crippen molar-refractivity contribution in [2.45, 2.75) is 18.4 Å². The predicted octanol–water partition coefficient (Wildman–Crippen LogP) is 3.21. The molecule has 1 fully saturated rings. The molecule has 3 aromatic carbocycles. The lowest BCUT2D eigenvalue weighted by Crippen LogP contribution is -2.43. The topological polar surface area (TPSA) is 98.8 Å². The standard InChI is InChI=1S/C28H23NO6/c1-34-27(32)21(17-18-11-5-2-6-12-18)29-26(31)23(20-15-9-4-10-16-20)25-24(30)22(28(33)35-25)19-13-7-3-8-14-19/h2-16,21-22H,17H2,1H3,(H,29,31)/t21-,22?/m0/s1. The van der Waals surface area contributed by atoms with Gasteiger partial charge >= 0.3 is 11.9 Å². The number of carbonyl (C=O) groups excluding carboxylic acids is 4. The summed E-state index contributed by atoms with van der Waals surface area (Å²) in [6, 6.07) is 25.0. The number of hydrogen-bond acceptors (Lipinski definition) is 6. The first kappa shape index (κ1) is 23.6. The van der Waals surface area contributed by atoms with Gasteiger partial charge in [-0.15, -0.1) is 0 Å². The van der Waals surface area contributed by atoms with Crippen LogP contribution in [0.25, 0.3) is 5.57 Å². The smallest absolute Gasteiger partial charge is 0.328 e. The Morgan fingerprint density at radius 2 is 1.46 bits per heavy atom. The summed E-state index contributed by atoms with van der Waals surface area (Å²) < 4.78 is 10.3. The number of Topliss-reactive ketones (excluding diaryl/α,β-unsaturated/α-hetero) is 1. The van der Waals surface area contributed by atoms with Crippen molar-refractivity contribution in [2.75, 3.05) is 7.11 Å². The minimum atomic E-state index is -1.17. The molecule has 0 radical (unpaired) electrons. The normalized spacial score (nSPS) is 17.3. The maximum absolute atomic E-state index is 13.5. The van der Waals surface area contributed by atoms with E-state index in [1.54, 1.807) is 60.7 Å². The molecule has 0 saturated carbocycles. The number of hydrogen-bond donors (Lipinski definition) is 1. The monoisotopic (exact) mass is 469 g/mol. The average molecular weight is 469 g/mol. The van der Waals surface area contributed by atoms with Gasteiger partial charge in [0, 0.05) is 6.42 Å². The van der Waals surface area contributed by atoms with Gasteiger partial charge in [0.1, 0.15) is 12.0 Å². The zero-order valence-electron chi connectivity index (χ0n) is 19.0. The second-order valence-corrected chi connectivity index (χ2v) is 7.94. The van der Waals surface area contributed by atoms with Crippen LogP contribution in [-0.4, -0.2) is 36.8 Å². The van der Waals surface area contributed by atoms with Crippen LogP contribution in [-0.2, 0) is 35.1 Å². The van der Waals surface area contributed by atoms with Gasteiger partial charge in [0.15, 0.2) is 5.76 Å². The van der Waals surface area contributed by atoms with Gasteiger partial charge in [-0.05, 0) is 16.7 Å².